The maximum absolute atomic E-state index is 5.96. The number of morpholine rings is 1. The van der Waals surface area contributed by atoms with E-state index in [4.69, 9.17) is 4.74 Å². The zero-order chi connectivity index (χ0) is 15.4. The predicted octanol–water partition coefficient (Wildman–Crippen LogP) is 2.12. The van der Waals surface area contributed by atoms with Gasteiger partial charge in [0, 0.05) is 32.9 Å². The van der Waals surface area contributed by atoms with Crippen LogP contribution < -0.4 is 5.32 Å². The number of nitrogens with zero attached hydrogens (tertiary/aromatic N) is 3. The molecule has 1 aromatic carbocycles. The first kappa shape index (κ1) is 15.1. The summed E-state index contributed by atoms with van der Waals surface area (Å²) in [6, 6.07) is 10.9. The number of aromatic nitrogens is 2. The van der Waals surface area contributed by atoms with Gasteiger partial charge in [-0.25, -0.2) is 0 Å². The van der Waals surface area contributed by atoms with Crippen LogP contribution >= 0.6 is 0 Å². The lowest BCUT2D eigenvalue weighted by Gasteiger charge is -2.36. The smallest absolute Gasteiger partial charge is 0.0900 e. The van der Waals surface area contributed by atoms with Gasteiger partial charge in [-0.15, -0.1) is 0 Å². The summed E-state index contributed by atoms with van der Waals surface area (Å²) < 4.78 is 7.76. The largest absolute Gasteiger partial charge is 0.377 e. The van der Waals surface area contributed by atoms with Gasteiger partial charge in [-0.05, 0) is 12.5 Å². The molecular formula is C17H24N4O. The van der Waals surface area contributed by atoms with Gasteiger partial charge in [-0.2, -0.15) is 5.10 Å². The standard InChI is InChI=1S/C17H24N4O/c1-14(19-16-10-18-20(2)12-16)17-13-21(8-9-22-17)11-15-6-4-3-5-7-15/h3-7,10,12,14,17,19H,8-9,11,13H2,1-2H3/t14-,17-/m0/s1. The Morgan fingerprint density at radius 3 is 2.91 bits per heavy atom. The molecule has 0 spiro atoms. The highest BCUT2D eigenvalue weighted by Crippen LogP contribution is 2.16. The Kier molecular flexibility index (Phi) is 4.75. The average Bonchev–Trinajstić information content (AvgIpc) is 2.93. The second-order valence-electron chi connectivity index (χ2n) is 5.97. The van der Waals surface area contributed by atoms with Crippen molar-refractivity contribution >= 4 is 5.69 Å². The summed E-state index contributed by atoms with van der Waals surface area (Å²) in [5.74, 6) is 0. The molecule has 22 heavy (non-hydrogen) atoms. The molecule has 0 radical (unpaired) electrons. The lowest BCUT2D eigenvalue weighted by molar-refractivity contribution is -0.0373. The van der Waals surface area contributed by atoms with E-state index in [1.165, 1.54) is 5.56 Å². The molecule has 2 atom stereocenters. The minimum Gasteiger partial charge on any atom is -0.377 e. The summed E-state index contributed by atoms with van der Waals surface area (Å²) in [5, 5.41) is 7.67. The van der Waals surface area contributed by atoms with E-state index in [1.54, 1.807) is 4.68 Å². The molecule has 0 saturated carbocycles. The molecule has 0 aliphatic carbocycles. The van der Waals surface area contributed by atoms with E-state index < -0.39 is 0 Å². The fourth-order valence-electron chi connectivity index (χ4n) is 2.87. The number of rotatable bonds is 5. The molecule has 0 bridgehead atoms. The Labute approximate surface area is 131 Å². The molecule has 0 amide bonds. The third kappa shape index (κ3) is 3.87. The van der Waals surface area contributed by atoms with Gasteiger partial charge in [0.1, 0.15) is 0 Å². The van der Waals surface area contributed by atoms with E-state index in [2.05, 4.69) is 52.6 Å². The Morgan fingerprint density at radius 1 is 1.36 bits per heavy atom. The SMILES string of the molecule is C[C@H](Nc1cnn(C)c1)[C@@H]1CN(Cc2ccccc2)CCO1. The Morgan fingerprint density at radius 2 is 2.18 bits per heavy atom. The maximum atomic E-state index is 5.96. The molecule has 1 aliphatic rings. The number of hydrogen-bond acceptors (Lipinski definition) is 4. The number of aryl methyl sites for hydroxylation is 1. The molecule has 118 valence electrons. The molecule has 1 saturated heterocycles. The van der Waals surface area contributed by atoms with E-state index in [0.29, 0.717) is 0 Å². The zero-order valence-electron chi connectivity index (χ0n) is 13.3. The molecular weight excluding hydrogens is 276 g/mol. The fourth-order valence-corrected chi connectivity index (χ4v) is 2.87. The van der Waals surface area contributed by atoms with E-state index >= 15 is 0 Å². The lowest BCUT2D eigenvalue weighted by atomic mass is 10.1. The molecule has 5 nitrogen and oxygen atoms in total. The van der Waals surface area contributed by atoms with Gasteiger partial charge in [0.05, 0.1) is 30.6 Å². The van der Waals surface area contributed by atoms with Crippen molar-refractivity contribution in [1.29, 1.82) is 0 Å². The van der Waals surface area contributed by atoms with Crippen LogP contribution in [0.25, 0.3) is 0 Å². The highest BCUT2D eigenvalue weighted by Gasteiger charge is 2.25. The first-order chi connectivity index (χ1) is 10.7. The van der Waals surface area contributed by atoms with Crippen molar-refractivity contribution in [2.45, 2.75) is 25.6 Å². The molecule has 3 rings (SSSR count). The van der Waals surface area contributed by atoms with Crippen molar-refractivity contribution in [2.24, 2.45) is 7.05 Å². The summed E-state index contributed by atoms with van der Waals surface area (Å²) in [5.41, 5.74) is 2.40. The topological polar surface area (TPSA) is 42.3 Å². The van der Waals surface area contributed by atoms with Crippen molar-refractivity contribution < 1.29 is 4.74 Å². The Hall–Kier alpha value is -1.85. The van der Waals surface area contributed by atoms with Crippen LogP contribution in [0.4, 0.5) is 5.69 Å². The van der Waals surface area contributed by atoms with Gasteiger partial charge >= 0.3 is 0 Å². The van der Waals surface area contributed by atoms with Gasteiger partial charge in [-0.3, -0.25) is 9.58 Å². The third-order valence-electron chi connectivity index (χ3n) is 4.08. The van der Waals surface area contributed by atoms with Crippen molar-refractivity contribution in [1.82, 2.24) is 14.7 Å². The molecule has 2 heterocycles. The quantitative estimate of drug-likeness (QED) is 0.918. The Balaban J connectivity index is 1.55. The molecule has 5 heteroatoms. The summed E-state index contributed by atoms with van der Waals surface area (Å²) in [4.78, 5) is 2.46. The second kappa shape index (κ2) is 6.94. The summed E-state index contributed by atoms with van der Waals surface area (Å²) in [7, 11) is 1.93. The van der Waals surface area contributed by atoms with E-state index in [9.17, 15) is 0 Å². The van der Waals surface area contributed by atoms with Crippen molar-refractivity contribution in [2.75, 3.05) is 25.0 Å². The third-order valence-corrected chi connectivity index (χ3v) is 4.08. The molecule has 0 unspecified atom stereocenters. The van der Waals surface area contributed by atoms with Crippen LogP contribution in [-0.4, -0.2) is 46.5 Å². The summed E-state index contributed by atoms with van der Waals surface area (Å²) in [6.45, 7) is 5.88. The van der Waals surface area contributed by atoms with Gasteiger partial charge in [-0.1, -0.05) is 30.3 Å². The fraction of sp³-hybridized carbons (Fsp3) is 0.471. The number of anilines is 1. The second-order valence-corrected chi connectivity index (χ2v) is 5.97. The molecule has 1 fully saturated rings. The number of benzene rings is 1. The van der Waals surface area contributed by atoms with E-state index in [0.717, 1.165) is 31.9 Å². The molecule has 1 N–H and O–H groups in total. The minimum atomic E-state index is 0.192. The van der Waals surface area contributed by atoms with E-state index in [-0.39, 0.29) is 12.1 Å². The average molecular weight is 300 g/mol. The van der Waals surface area contributed by atoms with Crippen LogP contribution in [0.1, 0.15) is 12.5 Å². The first-order valence-electron chi connectivity index (χ1n) is 7.84. The van der Waals surface area contributed by atoms with Gasteiger partial charge in [0.25, 0.3) is 0 Å². The van der Waals surface area contributed by atoms with Gasteiger partial charge < -0.3 is 10.1 Å². The summed E-state index contributed by atoms with van der Waals surface area (Å²) >= 11 is 0. The number of nitrogens with one attached hydrogen (secondary N) is 1. The maximum Gasteiger partial charge on any atom is 0.0900 e. The van der Waals surface area contributed by atoms with Crippen LogP contribution in [0, 0.1) is 0 Å². The van der Waals surface area contributed by atoms with E-state index in [1.807, 2.05) is 19.4 Å². The van der Waals surface area contributed by atoms with Crippen LogP contribution in [0.5, 0.6) is 0 Å². The highest BCUT2D eigenvalue weighted by molar-refractivity contribution is 5.39. The zero-order valence-corrected chi connectivity index (χ0v) is 13.3. The number of ether oxygens (including phenoxy) is 1. The first-order valence-corrected chi connectivity index (χ1v) is 7.84. The summed E-state index contributed by atoms with van der Waals surface area (Å²) in [6.07, 6.45) is 4.03. The van der Waals surface area contributed by atoms with Crippen LogP contribution in [0.3, 0.4) is 0 Å². The number of hydrogen-bond donors (Lipinski definition) is 1. The minimum absolute atomic E-state index is 0.192. The van der Waals surface area contributed by atoms with Gasteiger partial charge in [0.2, 0.25) is 0 Å². The normalized spacial score (nSPS) is 20.7. The van der Waals surface area contributed by atoms with Crippen molar-refractivity contribution in [3.05, 3.63) is 48.3 Å². The van der Waals surface area contributed by atoms with Crippen LogP contribution in [0.15, 0.2) is 42.7 Å². The molecule has 2 aromatic rings. The Bertz CT molecular complexity index is 583. The monoisotopic (exact) mass is 300 g/mol. The van der Waals surface area contributed by atoms with Gasteiger partial charge in [0.15, 0.2) is 0 Å². The predicted molar refractivity (Wildman–Crippen MR) is 87.8 cm³/mol. The van der Waals surface area contributed by atoms with Crippen molar-refractivity contribution in [3.8, 4) is 0 Å². The highest BCUT2D eigenvalue weighted by atomic mass is 16.5. The van der Waals surface area contributed by atoms with Crippen molar-refractivity contribution in [3.63, 3.8) is 0 Å². The van der Waals surface area contributed by atoms with Crippen LogP contribution in [0.2, 0.25) is 0 Å². The molecule has 1 aliphatic heterocycles. The van der Waals surface area contributed by atoms with Crippen LogP contribution in [-0.2, 0) is 18.3 Å². The molecule has 1 aromatic heterocycles. The lowest BCUT2D eigenvalue weighted by Crippen LogP contribution is -2.48.